The number of piperazine rings is 1. The van der Waals surface area contributed by atoms with Crippen LogP contribution in [0.15, 0.2) is 42.0 Å². The third-order valence-corrected chi connectivity index (χ3v) is 3.52. The molecule has 1 fully saturated rings. The van der Waals surface area contributed by atoms with Crippen LogP contribution in [0.25, 0.3) is 0 Å². The molecule has 0 saturated carbocycles. The second kappa shape index (κ2) is 7.75. The van der Waals surface area contributed by atoms with Crippen molar-refractivity contribution in [3.8, 4) is 0 Å². The maximum Gasteiger partial charge on any atom is 0.246 e. The zero-order valence-electron chi connectivity index (χ0n) is 13.2. The quantitative estimate of drug-likeness (QED) is 0.862. The van der Waals surface area contributed by atoms with Crippen molar-refractivity contribution in [2.75, 3.05) is 38.0 Å². The summed E-state index contributed by atoms with van der Waals surface area (Å²) in [7, 11) is 0. The van der Waals surface area contributed by atoms with E-state index in [1.54, 1.807) is 6.08 Å². The average molecular weight is 301 g/mol. The first kappa shape index (κ1) is 16.2. The molecule has 1 aliphatic rings. The molecule has 1 aromatic rings. The van der Waals surface area contributed by atoms with Gasteiger partial charge in [0.05, 0.1) is 6.54 Å². The van der Waals surface area contributed by atoms with Gasteiger partial charge in [0.25, 0.3) is 0 Å². The Labute approximate surface area is 131 Å². The third kappa shape index (κ3) is 5.00. The Bertz CT molecular complexity index is 542. The van der Waals surface area contributed by atoms with E-state index >= 15 is 0 Å². The Kier molecular flexibility index (Phi) is 5.72. The van der Waals surface area contributed by atoms with Crippen LogP contribution < -0.4 is 5.32 Å². The number of nitrogens with one attached hydrogen (secondary N) is 1. The van der Waals surface area contributed by atoms with Gasteiger partial charge in [-0.15, -0.1) is 0 Å². The summed E-state index contributed by atoms with van der Waals surface area (Å²) in [4.78, 5) is 27.8. The minimum atomic E-state index is -0.0183. The number of amides is 2. The first-order chi connectivity index (χ1) is 10.5. The Hall–Kier alpha value is -2.14. The molecule has 0 aliphatic carbocycles. The second-order valence-corrected chi connectivity index (χ2v) is 5.74. The first-order valence-corrected chi connectivity index (χ1v) is 7.55. The third-order valence-electron chi connectivity index (χ3n) is 3.52. The summed E-state index contributed by atoms with van der Waals surface area (Å²) < 4.78 is 0. The van der Waals surface area contributed by atoms with Gasteiger partial charge in [0.15, 0.2) is 0 Å². The molecular weight excluding hydrogens is 278 g/mol. The molecule has 1 heterocycles. The zero-order chi connectivity index (χ0) is 15.9. The fourth-order valence-corrected chi connectivity index (χ4v) is 2.39. The summed E-state index contributed by atoms with van der Waals surface area (Å²) >= 11 is 0. The van der Waals surface area contributed by atoms with Crippen molar-refractivity contribution in [2.45, 2.75) is 13.8 Å². The molecule has 22 heavy (non-hydrogen) atoms. The Morgan fingerprint density at radius 3 is 2.32 bits per heavy atom. The van der Waals surface area contributed by atoms with Crippen LogP contribution in [0.5, 0.6) is 0 Å². The average Bonchev–Trinajstić information content (AvgIpc) is 2.48. The lowest BCUT2D eigenvalue weighted by molar-refractivity contribution is -0.128. The van der Waals surface area contributed by atoms with Gasteiger partial charge in [-0.2, -0.15) is 0 Å². The minimum absolute atomic E-state index is 0.0183. The summed E-state index contributed by atoms with van der Waals surface area (Å²) in [5.74, 6) is 0.0451. The maximum atomic E-state index is 12.0. The highest BCUT2D eigenvalue weighted by Gasteiger charge is 2.21. The van der Waals surface area contributed by atoms with Gasteiger partial charge in [-0.1, -0.05) is 23.8 Å². The number of nitrogens with zero attached hydrogens (tertiary/aromatic N) is 2. The Morgan fingerprint density at radius 2 is 1.73 bits per heavy atom. The van der Waals surface area contributed by atoms with Crippen LogP contribution in [-0.2, 0) is 9.59 Å². The summed E-state index contributed by atoms with van der Waals surface area (Å²) in [6.45, 7) is 6.99. The van der Waals surface area contributed by atoms with Crippen LogP contribution in [0.3, 0.4) is 0 Å². The minimum Gasteiger partial charge on any atom is -0.337 e. The van der Waals surface area contributed by atoms with Crippen molar-refractivity contribution >= 4 is 17.5 Å². The Balaban J connectivity index is 1.76. The summed E-state index contributed by atoms with van der Waals surface area (Å²) in [5, 5.41) is 2.88. The van der Waals surface area contributed by atoms with Crippen LogP contribution >= 0.6 is 0 Å². The summed E-state index contributed by atoms with van der Waals surface area (Å²) in [5.41, 5.74) is 1.82. The fraction of sp³-hybridized carbons (Fsp3) is 0.412. The molecule has 1 aromatic carbocycles. The number of benzene rings is 1. The molecular formula is C17H23N3O2. The number of para-hydroxylation sites is 1. The number of rotatable bonds is 4. The van der Waals surface area contributed by atoms with E-state index in [0.717, 1.165) is 24.4 Å². The van der Waals surface area contributed by atoms with E-state index in [9.17, 15) is 9.59 Å². The molecule has 5 nitrogen and oxygen atoms in total. The smallest absolute Gasteiger partial charge is 0.246 e. The Morgan fingerprint density at radius 1 is 1.09 bits per heavy atom. The van der Waals surface area contributed by atoms with Gasteiger partial charge in [0.2, 0.25) is 11.8 Å². The molecule has 1 saturated heterocycles. The molecule has 118 valence electrons. The van der Waals surface area contributed by atoms with Gasteiger partial charge in [0.1, 0.15) is 0 Å². The predicted octanol–water partition coefficient (Wildman–Crippen LogP) is 1.74. The molecule has 0 aromatic heterocycles. The molecule has 0 bridgehead atoms. The second-order valence-electron chi connectivity index (χ2n) is 5.74. The molecule has 0 unspecified atom stereocenters. The van der Waals surface area contributed by atoms with Crippen LogP contribution in [0.2, 0.25) is 0 Å². The van der Waals surface area contributed by atoms with Crippen LogP contribution in [-0.4, -0.2) is 54.3 Å². The SMILES string of the molecule is CC(C)=CC(=O)N1CCN(CC(=O)Nc2ccccc2)CC1. The highest BCUT2D eigenvalue weighted by molar-refractivity contribution is 5.92. The van der Waals surface area contributed by atoms with Crippen molar-refractivity contribution in [2.24, 2.45) is 0 Å². The van der Waals surface area contributed by atoms with Crippen molar-refractivity contribution in [3.63, 3.8) is 0 Å². The fourth-order valence-electron chi connectivity index (χ4n) is 2.39. The van der Waals surface area contributed by atoms with E-state index in [0.29, 0.717) is 19.6 Å². The molecule has 1 aliphatic heterocycles. The number of carbonyl (C=O) groups excluding carboxylic acids is 2. The predicted molar refractivity (Wildman–Crippen MR) is 87.5 cm³/mol. The van der Waals surface area contributed by atoms with Crippen LogP contribution in [0.1, 0.15) is 13.8 Å². The highest BCUT2D eigenvalue weighted by Crippen LogP contribution is 2.07. The van der Waals surface area contributed by atoms with Crippen molar-refractivity contribution in [1.29, 1.82) is 0 Å². The number of allylic oxidation sites excluding steroid dienone is 1. The molecule has 5 heteroatoms. The van der Waals surface area contributed by atoms with Gasteiger partial charge < -0.3 is 10.2 Å². The van der Waals surface area contributed by atoms with Gasteiger partial charge in [-0.05, 0) is 26.0 Å². The van der Waals surface area contributed by atoms with E-state index in [1.807, 2.05) is 49.1 Å². The topological polar surface area (TPSA) is 52.7 Å². The lowest BCUT2D eigenvalue weighted by Crippen LogP contribution is -2.50. The number of anilines is 1. The van der Waals surface area contributed by atoms with Gasteiger partial charge in [-0.25, -0.2) is 0 Å². The van der Waals surface area contributed by atoms with Crippen molar-refractivity contribution < 1.29 is 9.59 Å². The largest absolute Gasteiger partial charge is 0.337 e. The summed E-state index contributed by atoms with van der Waals surface area (Å²) in [6.07, 6.45) is 1.66. The molecule has 0 radical (unpaired) electrons. The molecule has 0 spiro atoms. The van der Waals surface area contributed by atoms with E-state index in [1.165, 1.54) is 0 Å². The molecule has 1 N–H and O–H groups in total. The van der Waals surface area contributed by atoms with E-state index < -0.39 is 0 Å². The van der Waals surface area contributed by atoms with E-state index in [2.05, 4.69) is 10.2 Å². The van der Waals surface area contributed by atoms with Crippen molar-refractivity contribution in [3.05, 3.63) is 42.0 Å². The lowest BCUT2D eigenvalue weighted by Gasteiger charge is -2.33. The van der Waals surface area contributed by atoms with Crippen molar-refractivity contribution in [1.82, 2.24) is 9.80 Å². The molecule has 2 amide bonds. The zero-order valence-corrected chi connectivity index (χ0v) is 13.2. The standard InChI is InChI=1S/C17H23N3O2/c1-14(2)12-17(22)20-10-8-19(9-11-20)13-16(21)18-15-6-4-3-5-7-15/h3-7,12H,8-11,13H2,1-2H3,(H,18,21). The van der Waals surface area contributed by atoms with E-state index in [4.69, 9.17) is 0 Å². The van der Waals surface area contributed by atoms with Gasteiger partial charge in [-0.3, -0.25) is 14.5 Å². The number of carbonyl (C=O) groups is 2. The first-order valence-electron chi connectivity index (χ1n) is 7.55. The van der Waals surface area contributed by atoms with Gasteiger partial charge in [0, 0.05) is 37.9 Å². The van der Waals surface area contributed by atoms with Crippen LogP contribution in [0.4, 0.5) is 5.69 Å². The monoisotopic (exact) mass is 301 g/mol. The number of hydrogen-bond donors (Lipinski definition) is 1. The van der Waals surface area contributed by atoms with E-state index in [-0.39, 0.29) is 11.8 Å². The van der Waals surface area contributed by atoms with Crippen LogP contribution in [0, 0.1) is 0 Å². The summed E-state index contributed by atoms with van der Waals surface area (Å²) in [6, 6.07) is 9.44. The molecule has 2 rings (SSSR count). The highest BCUT2D eigenvalue weighted by atomic mass is 16.2. The van der Waals surface area contributed by atoms with Gasteiger partial charge >= 0.3 is 0 Å². The number of hydrogen-bond acceptors (Lipinski definition) is 3. The lowest BCUT2D eigenvalue weighted by atomic mass is 10.2. The molecule has 0 atom stereocenters. The normalized spacial score (nSPS) is 15.3. The maximum absolute atomic E-state index is 12.0.